The molecule has 1 N–H and O–H groups in total. The molecule has 0 saturated carbocycles. The van der Waals surface area contributed by atoms with Gasteiger partial charge < -0.3 is 9.88 Å². The van der Waals surface area contributed by atoms with E-state index in [9.17, 15) is 18.5 Å². The van der Waals surface area contributed by atoms with Crippen LogP contribution in [0.1, 0.15) is 17.4 Å². The average Bonchev–Trinajstić information content (AvgIpc) is 3.05. The van der Waals surface area contributed by atoms with Gasteiger partial charge in [0, 0.05) is 31.8 Å². The van der Waals surface area contributed by atoms with E-state index >= 15 is 0 Å². The van der Waals surface area contributed by atoms with E-state index in [0.29, 0.717) is 5.82 Å². The molecular formula is C18H18N4O4S. The number of imidazole rings is 1. The molecule has 1 atom stereocenters. The third-order valence-electron chi connectivity index (χ3n) is 4.14. The van der Waals surface area contributed by atoms with E-state index in [0.717, 1.165) is 17.9 Å². The van der Waals surface area contributed by atoms with Crippen molar-refractivity contribution >= 4 is 21.2 Å². The highest BCUT2D eigenvalue weighted by molar-refractivity contribution is 7.90. The molecular weight excluding hydrogens is 368 g/mol. The molecule has 8 nitrogen and oxygen atoms in total. The van der Waals surface area contributed by atoms with Gasteiger partial charge in [0.2, 0.25) is 0 Å². The number of benzene rings is 2. The normalized spacial score (nSPS) is 12.5. The minimum absolute atomic E-state index is 0.104. The number of rotatable bonds is 6. The van der Waals surface area contributed by atoms with Gasteiger partial charge in [-0.05, 0) is 17.7 Å². The quantitative estimate of drug-likeness (QED) is 0.516. The summed E-state index contributed by atoms with van der Waals surface area (Å²) in [5, 5.41) is 14.7. The fourth-order valence-electron chi connectivity index (χ4n) is 2.77. The Labute approximate surface area is 156 Å². The Balaban J connectivity index is 2.09. The molecule has 140 valence electrons. The molecule has 3 rings (SSSR count). The van der Waals surface area contributed by atoms with Crippen LogP contribution in [0, 0.1) is 10.1 Å². The number of sulfone groups is 1. The van der Waals surface area contributed by atoms with Gasteiger partial charge in [-0.25, -0.2) is 13.4 Å². The van der Waals surface area contributed by atoms with Crippen molar-refractivity contribution in [2.75, 3.05) is 11.6 Å². The van der Waals surface area contributed by atoms with E-state index in [1.807, 2.05) is 41.9 Å². The molecule has 0 aliphatic carbocycles. The topological polar surface area (TPSA) is 107 Å². The summed E-state index contributed by atoms with van der Waals surface area (Å²) in [5.74, 6) is 0.669. The molecule has 0 bridgehead atoms. The standard InChI is InChI=1S/C18H18N4O4S/c1-21-11-10-19-18(21)17(13-6-4-3-5-7-13)20-15-9-8-14(27(2,25)26)12-16(15)22(23)24/h3-12,17,20H,1-2H3/t17-/m0/s1. The van der Waals surface area contributed by atoms with Gasteiger partial charge in [-0.3, -0.25) is 10.1 Å². The maximum Gasteiger partial charge on any atom is 0.293 e. The van der Waals surface area contributed by atoms with Crippen LogP contribution in [0.15, 0.2) is 65.8 Å². The van der Waals surface area contributed by atoms with Gasteiger partial charge in [0.15, 0.2) is 9.84 Å². The maximum absolute atomic E-state index is 11.7. The van der Waals surface area contributed by atoms with Crippen molar-refractivity contribution in [3.8, 4) is 0 Å². The molecule has 0 aliphatic heterocycles. The van der Waals surface area contributed by atoms with Crippen molar-refractivity contribution in [1.29, 1.82) is 0 Å². The minimum Gasteiger partial charge on any atom is -0.366 e. The molecule has 27 heavy (non-hydrogen) atoms. The fourth-order valence-corrected chi connectivity index (χ4v) is 3.41. The summed E-state index contributed by atoms with van der Waals surface area (Å²) in [7, 11) is -1.72. The van der Waals surface area contributed by atoms with E-state index in [-0.39, 0.29) is 16.3 Å². The number of aromatic nitrogens is 2. The zero-order chi connectivity index (χ0) is 19.6. The lowest BCUT2D eigenvalue weighted by Gasteiger charge is -2.20. The fraction of sp³-hybridized carbons (Fsp3) is 0.167. The first-order valence-corrected chi connectivity index (χ1v) is 9.93. The summed E-state index contributed by atoms with van der Waals surface area (Å²) in [5.41, 5.74) is 0.769. The minimum atomic E-state index is -3.55. The van der Waals surface area contributed by atoms with Gasteiger partial charge in [0.05, 0.1) is 9.82 Å². The summed E-state index contributed by atoms with van der Waals surface area (Å²) in [6, 6.07) is 12.8. The number of anilines is 1. The van der Waals surface area contributed by atoms with Crippen molar-refractivity contribution in [2.45, 2.75) is 10.9 Å². The Kier molecular flexibility index (Phi) is 4.95. The number of nitro groups is 1. The predicted molar refractivity (Wildman–Crippen MR) is 101 cm³/mol. The SMILES string of the molecule is Cn1ccnc1[C@@H](Nc1ccc(S(C)(=O)=O)cc1[N+](=O)[O-])c1ccccc1. The zero-order valence-corrected chi connectivity index (χ0v) is 15.6. The van der Waals surface area contributed by atoms with Gasteiger partial charge >= 0.3 is 0 Å². The maximum atomic E-state index is 11.7. The van der Waals surface area contributed by atoms with Crippen LogP contribution < -0.4 is 5.32 Å². The van der Waals surface area contributed by atoms with E-state index in [4.69, 9.17) is 0 Å². The van der Waals surface area contributed by atoms with Gasteiger partial charge in [0.1, 0.15) is 17.6 Å². The molecule has 1 heterocycles. The summed E-state index contributed by atoms with van der Waals surface area (Å²) in [6.45, 7) is 0. The lowest BCUT2D eigenvalue weighted by Crippen LogP contribution is -2.17. The highest BCUT2D eigenvalue weighted by atomic mass is 32.2. The number of nitro benzene ring substituents is 1. The Morgan fingerprint density at radius 2 is 1.89 bits per heavy atom. The van der Waals surface area contributed by atoms with Crippen LogP contribution in [0.2, 0.25) is 0 Å². The molecule has 0 amide bonds. The van der Waals surface area contributed by atoms with Gasteiger partial charge in [0.25, 0.3) is 5.69 Å². The van der Waals surface area contributed by atoms with E-state index < -0.39 is 20.8 Å². The Bertz CT molecular complexity index is 1080. The smallest absolute Gasteiger partial charge is 0.293 e. The summed E-state index contributed by atoms with van der Waals surface area (Å²) in [6.07, 6.45) is 4.45. The van der Waals surface area contributed by atoms with Crippen molar-refractivity contribution < 1.29 is 13.3 Å². The van der Waals surface area contributed by atoms with Crippen LogP contribution in [0.5, 0.6) is 0 Å². The largest absolute Gasteiger partial charge is 0.366 e. The molecule has 0 radical (unpaired) electrons. The van der Waals surface area contributed by atoms with Crippen LogP contribution in [0.25, 0.3) is 0 Å². The molecule has 3 aromatic rings. The van der Waals surface area contributed by atoms with Crippen molar-refractivity contribution in [3.05, 3.63) is 82.4 Å². The van der Waals surface area contributed by atoms with Crippen molar-refractivity contribution in [2.24, 2.45) is 7.05 Å². The number of hydrogen-bond acceptors (Lipinski definition) is 6. The van der Waals surface area contributed by atoms with Gasteiger partial charge in [-0.1, -0.05) is 30.3 Å². The molecule has 0 saturated heterocycles. The summed E-state index contributed by atoms with van der Waals surface area (Å²) < 4.78 is 25.3. The molecule has 0 unspecified atom stereocenters. The average molecular weight is 386 g/mol. The van der Waals surface area contributed by atoms with Crippen molar-refractivity contribution in [1.82, 2.24) is 9.55 Å². The Morgan fingerprint density at radius 1 is 1.19 bits per heavy atom. The summed E-state index contributed by atoms with van der Waals surface area (Å²) >= 11 is 0. The molecule has 0 aliphatic rings. The number of hydrogen-bond donors (Lipinski definition) is 1. The van der Waals surface area contributed by atoms with Crippen LogP contribution in [-0.4, -0.2) is 29.1 Å². The second-order valence-electron chi connectivity index (χ2n) is 6.09. The Morgan fingerprint density at radius 3 is 2.44 bits per heavy atom. The number of nitrogens with zero attached hydrogens (tertiary/aromatic N) is 3. The van der Waals surface area contributed by atoms with E-state index in [1.54, 1.807) is 12.4 Å². The second kappa shape index (κ2) is 7.20. The number of nitrogens with one attached hydrogen (secondary N) is 1. The lowest BCUT2D eigenvalue weighted by molar-refractivity contribution is -0.384. The zero-order valence-electron chi connectivity index (χ0n) is 14.7. The van der Waals surface area contributed by atoms with E-state index in [2.05, 4.69) is 10.3 Å². The summed E-state index contributed by atoms with van der Waals surface area (Å²) in [4.78, 5) is 15.2. The first-order valence-electron chi connectivity index (χ1n) is 8.04. The van der Waals surface area contributed by atoms with Crippen LogP contribution in [-0.2, 0) is 16.9 Å². The van der Waals surface area contributed by atoms with Crippen molar-refractivity contribution in [3.63, 3.8) is 0 Å². The first kappa shape index (κ1) is 18.6. The molecule has 1 aromatic heterocycles. The van der Waals surface area contributed by atoms with E-state index in [1.165, 1.54) is 12.1 Å². The number of aryl methyl sites for hydroxylation is 1. The predicted octanol–water partition coefficient (Wildman–Crippen LogP) is 2.93. The third kappa shape index (κ3) is 3.98. The third-order valence-corrected chi connectivity index (χ3v) is 5.25. The first-order chi connectivity index (χ1) is 12.8. The lowest BCUT2D eigenvalue weighted by atomic mass is 10.1. The highest BCUT2D eigenvalue weighted by Gasteiger charge is 2.24. The molecule has 2 aromatic carbocycles. The van der Waals surface area contributed by atoms with Crippen LogP contribution in [0.3, 0.4) is 0 Å². The molecule has 9 heteroatoms. The monoisotopic (exact) mass is 386 g/mol. The van der Waals surface area contributed by atoms with Gasteiger partial charge in [-0.2, -0.15) is 0 Å². The van der Waals surface area contributed by atoms with Crippen LogP contribution >= 0.6 is 0 Å². The molecule has 0 spiro atoms. The van der Waals surface area contributed by atoms with Gasteiger partial charge in [-0.15, -0.1) is 0 Å². The molecule has 0 fully saturated rings. The van der Waals surface area contributed by atoms with Crippen LogP contribution in [0.4, 0.5) is 11.4 Å². The Hall–Kier alpha value is -3.20. The highest BCUT2D eigenvalue weighted by Crippen LogP contribution is 2.32. The second-order valence-corrected chi connectivity index (χ2v) is 8.11.